The molecule has 1 atom stereocenters. The molecule has 0 aliphatic rings. The molecule has 6 heteroatoms. The van der Waals surface area contributed by atoms with Crippen LogP contribution in [0.1, 0.15) is 6.92 Å². The fourth-order valence-corrected chi connectivity index (χ4v) is 0.719. The lowest BCUT2D eigenvalue weighted by Gasteiger charge is -1.99. The van der Waals surface area contributed by atoms with Gasteiger partial charge in [-0.15, -0.1) is 0 Å². The van der Waals surface area contributed by atoms with Crippen molar-refractivity contribution in [1.29, 1.82) is 0 Å². The van der Waals surface area contributed by atoms with Crippen molar-refractivity contribution in [3.8, 4) is 0 Å². The molecule has 0 spiro atoms. The molecule has 0 rings (SSSR count). The second-order valence-electron chi connectivity index (χ2n) is 2.09. The third kappa shape index (κ3) is 11.0. The zero-order valence-electron chi connectivity index (χ0n) is 6.00. The number of rotatable bonds is 3. The molecule has 0 fully saturated rings. The Bertz CT molecular complexity index is 165. The summed E-state index contributed by atoms with van der Waals surface area (Å²) in [6, 6.07) is 0.0136. The predicted octanol–water partition coefficient (Wildman–Crippen LogP) is -4.40. The summed E-state index contributed by atoms with van der Waals surface area (Å²) in [4.78, 5) is 0. The number of quaternary nitrogens is 1. The summed E-state index contributed by atoms with van der Waals surface area (Å²) >= 11 is 0. The Labute approximate surface area is 67.3 Å². The van der Waals surface area contributed by atoms with Gasteiger partial charge in [0.25, 0.3) is 10.1 Å². The fourth-order valence-electron chi connectivity index (χ4n) is 0.240. The smallest absolute Gasteiger partial charge is 0.264 e. The summed E-state index contributed by atoms with van der Waals surface area (Å²) in [5.41, 5.74) is 3.55. The van der Waals surface area contributed by atoms with E-state index >= 15 is 0 Å². The van der Waals surface area contributed by atoms with Crippen LogP contribution in [-0.2, 0) is 14.3 Å². The van der Waals surface area contributed by atoms with E-state index in [1.165, 1.54) is 0 Å². The van der Waals surface area contributed by atoms with Crippen molar-refractivity contribution in [1.82, 2.24) is 0 Å². The maximum Gasteiger partial charge on any atom is 0.264 e. The summed E-state index contributed by atoms with van der Waals surface area (Å²) in [6.45, 7) is 1.95. The molecular formula is C4H12ClNO3S. The first kappa shape index (κ1) is 12.8. The highest BCUT2D eigenvalue weighted by molar-refractivity contribution is 7.85. The summed E-state index contributed by atoms with van der Waals surface area (Å²) in [5, 5.41) is 0. The molecule has 0 bridgehead atoms. The molecule has 0 saturated heterocycles. The molecule has 0 unspecified atom stereocenters. The highest BCUT2D eigenvalue weighted by Crippen LogP contribution is 1.85. The summed E-state index contributed by atoms with van der Waals surface area (Å²) in [7, 11) is -3.26. The molecule has 0 heterocycles. The van der Waals surface area contributed by atoms with E-state index < -0.39 is 10.1 Å². The van der Waals surface area contributed by atoms with Gasteiger partial charge in [0.15, 0.2) is 0 Å². The molecule has 0 aromatic carbocycles. The van der Waals surface area contributed by atoms with E-state index in [0.29, 0.717) is 0 Å². The largest absolute Gasteiger partial charge is 1.00 e. The topological polar surface area (TPSA) is 71.0 Å². The maximum atomic E-state index is 10.3. The van der Waals surface area contributed by atoms with Gasteiger partial charge in [0.1, 0.15) is 12.6 Å². The highest BCUT2D eigenvalue weighted by Gasteiger charge is 2.04. The van der Waals surface area contributed by atoms with Crippen molar-refractivity contribution >= 4 is 10.1 Å². The average molecular weight is 190 g/mol. The first-order valence-corrected chi connectivity index (χ1v) is 4.41. The van der Waals surface area contributed by atoms with Gasteiger partial charge in [-0.3, -0.25) is 4.18 Å². The van der Waals surface area contributed by atoms with E-state index in [9.17, 15) is 8.42 Å². The summed E-state index contributed by atoms with van der Waals surface area (Å²) in [5.74, 6) is 0. The summed E-state index contributed by atoms with van der Waals surface area (Å²) in [6.07, 6.45) is 1.02. The first-order valence-electron chi connectivity index (χ1n) is 2.59. The van der Waals surface area contributed by atoms with Crippen LogP contribution in [0.2, 0.25) is 0 Å². The van der Waals surface area contributed by atoms with Crippen LogP contribution in [0.4, 0.5) is 0 Å². The fraction of sp³-hybridized carbons (Fsp3) is 1.00. The van der Waals surface area contributed by atoms with E-state index in [1.54, 1.807) is 6.92 Å². The van der Waals surface area contributed by atoms with Gasteiger partial charge in [-0.05, 0) is 6.92 Å². The lowest BCUT2D eigenvalue weighted by molar-refractivity contribution is -0.417. The van der Waals surface area contributed by atoms with E-state index in [2.05, 4.69) is 9.92 Å². The minimum absolute atomic E-state index is 0. The van der Waals surface area contributed by atoms with Crippen molar-refractivity contribution in [3.63, 3.8) is 0 Å². The molecule has 4 nitrogen and oxygen atoms in total. The predicted molar refractivity (Wildman–Crippen MR) is 33.1 cm³/mol. The van der Waals surface area contributed by atoms with Gasteiger partial charge in [0.2, 0.25) is 0 Å². The second kappa shape index (κ2) is 4.90. The van der Waals surface area contributed by atoms with E-state index in [-0.39, 0.29) is 25.1 Å². The van der Waals surface area contributed by atoms with Crippen molar-refractivity contribution in [2.45, 2.75) is 13.0 Å². The van der Waals surface area contributed by atoms with Gasteiger partial charge in [-0.1, -0.05) is 0 Å². The van der Waals surface area contributed by atoms with Crippen LogP contribution in [0.3, 0.4) is 0 Å². The normalized spacial score (nSPS) is 13.9. The molecule has 64 valence electrons. The van der Waals surface area contributed by atoms with E-state index in [4.69, 9.17) is 0 Å². The van der Waals surface area contributed by atoms with Crippen LogP contribution in [0.15, 0.2) is 0 Å². The molecule has 10 heavy (non-hydrogen) atoms. The third-order valence-electron chi connectivity index (χ3n) is 0.567. The van der Waals surface area contributed by atoms with Crippen LogP contribution >= 0.6 is 0 Å². The Morgan fingerprint density at radius 1 is 1.60 bits per heavy atom. The van der Waals surface area contributed by atoms with Gasteiger partial charge in [-0.25, -0.2) is 0 Å². The standard InChI is InChI=1S/C4H11NO3S.ClH/c1-4(5)3-8-9(2,6)7;/h4H,3,5H2,1-2H3;1H/t4-;/m1./s1. The molecule has 3 N–H and O–H groups in total. The van der Waals surface area contributed by atoms with Gasteiger partial charge in [-0.2, -0.15) is 8.42 Å². The van der Waals surface area contributed by atoms with Crippen molar-refractivity contribution in [3.05, 3.63) is 0 Å². The molecule has 0 amide bonds. The Morgan fingerprint density at radius 2 is 2.00 bits per heavy atom. The molecule has 0 saturated carbocycles. The van der Waals surface area contributed by atoms with Crippen molar-refractivity contribution < 1.29 is 30.7 Å². The first-order chi connectivity index (χ1) is 3.92. The molecule has 0 radical (unpaired) electrons. The zero-order chi connectivity index (χ0) is 7.49. The Kier molecular flexibility index (Phi) is 6.27. The highest BCUT2D eigenvalue weighted by atomic mass is 35.5. The monoisotopic (exact) mass is 189 g/mol. The number of hydrogen-bond acceptors (Lipinski definition) is 3. The number of hydrogen-bond donors (Lipinski definition) is 1. The molecule has 0 aliphatic carbocycles. The lowest BCUT2D eigenvalue weighted by atomic mass is 10.4. The van der Waals surface area contributed by atoms with Gasteiger partial charge >= 0.3 is 0 Å². The third-order valence-corrected chi connectivity index (χ3v) is 1.13. The van der Waals surface area contributed by atoms with Crippen LogP contribution < -0.4 is 18.1 Å². The Morgan fingerprint density at radius 3 is 2.10 bits per heavy atom. The SMILES string of the molecule is C[C@@H]([NH3+])COS(C)(=O)=O.[Cl-]. The van der Waals surface area contributed by atoms with E-state index in [1.807, 2.05) is 0 Å². The second-order valence-corrected chi connectivity index (χ2v) is 3.74. The quantitative estimate of drug-likeness (QED) is 0.456. The molecule has 0 aromatic rings. The average Bonchev–Trinajstić information content (AvgIpc) is 1.59. The molecule has 0 aliphatic heterocycles. The van der Waals surface area contributed by atoms with E-state index in [0.717, 1.165) is 6.26 Å². The molecular weight excluding hydrogens is 178 g/mol. The van der Waals surface area contributed by atoms with Crippen LogP contribution in [-0.4, -0.2) is 27.3 Å². The lowest BCUT2D eigenvalue weighted by Crippen LogP contribution is -3.00. The minimum Gasteiger partial charge on any atom is -1.00 e. The van der Waals surface area contributed by atoms with Crippen LogP contribution in [0.5, 0.6) is 0 Å². The van der Waals surface area contributed by atoms with Crippen LogP contribution in [0, 0.1) is 0 Å². The molecule has 0 aromatic heterocycles. The summed E-state index contributed by atoms with van der Waals surface area (Å²) < 4.78 is 25.0. The maximum absolute atomic E-state index is 10.3. The Balaban J connectivity index is 0. The van der Waals surface area contributed by atoms with Crippen molar-refractivity contribution in [2.75, 3.05) is 12.9 Å². The minimum atomic E-state index is -3.26. The van der Waals surface area contributed by atoms with Crippen molar-refractivity contribution in [2.24, 2.45) is 0 Å². The van der Waals surface area contributed by atoms with Gasteiger partial charge in [0.05, 0.1) is 6.26 Å². The Hall–Kier alpha value is 0.160. The van der Waals surface area contributed by atoms with Gasteiger partial charge < -0.3 is 18.1 Å². The number of halogens is 1. The zero-order valence-corrected chi connectivity index (χ0v) is 7.57. The van der Waals surface area contributed by atoms with Crippen LogP contribution in [0.25, 0.3) is 0 Å². The van der Waals surface area contributed by atoms with Gasteiger partial charge in [0, 0.05) is 0 Å².